The van der Waals surface area contributed by atoms with Crippen LogP contribution in [0.25, 0.3) is 0 Å². The van der Waals surface area contributed by atoms with Gasteiger partial charge in [0.05, 0.1) is 12.3 Å². The van der Waals surface area contributed by atoms with Crippen molar-refractivity contribution < 1.29 is 13.9 Å². The minimum atomic E-state index is 0.0754. The van der Waals surface area contributed by atoms with Crippen molar-refractivity contribution in [1.29, 1.82) is 0 Å². The van der Waals surface area contributed by atoms with Gasteiger partial charge in [-0.1, -0.05) is 48.5 Å². The standard InChI is InChI=1S/C22H23N3O3/c26-21(14-17-8-3-1-4-9-17)25-13-7-10-18(15-25)22-24-23-20(28-22)16-27-19-11-5-2-6-12-19/h1-6,8-9,11-12,18H,7,10,13-16H2. The van der Waals surface area contributed by atoms with E-state index >= 15 is 0 Å². The lowest BCUT2D eigenvalue weighted by molar-refractivity contribution is -0.131. The topological polar surface area (TPSA) is 68.5 Å². The van der Waals surface area contributed by atoms with Gasteiger partial charge in [0.15, 0.2) is 6.61 Å². The molecule has 1 aromatic heterocycles. The molecule has 0 bridgehead atoms. The molecule has 0 saturated carbocycles. The lowest BCUT2D eigenvalue weighted by Gasteiger charge is -2.31. The van der Waals surface area contributed by atoms with Gasteiger partial charge in [-0.3, -0.25) is 4.79 Å². The summed E-state index contributed by atoms with van der Waals surface area (Å²) in [7, 11) is 0. The number of hydrogen-bond acceptors (Lipinski definition) is 5. The molecule has 2 heterocycles. The number of nitrogens with zero attached hydrogens (tertiary/aromatic N) is 3. The van der Waals surface area contributed by atoms with Gasteiger partial charge in [-0.15, -0.1) is 10.2 Å². The molecule has 0 spiro atoms. The van der Waals surface area contributed by atoms with E-state index in [0.29, 0.717) is 24.7 Å². The molecular formula is C22H23N3O3. The van der Waals surface area contributed by atoms with Crippen LogP contribution in [0, 0.1) is 0 Å². The molecule has 1 aliphatic rings. The van der Waals surface area contributed by atoms with E-state index < -0.39 is 0 Å². The molecule has 1 saturated heterocycles. The van der Waals surface area contributed by atoms with Crippen molar-refractivity contribution in [2.75, 3.05) is 13.1 Å². The number of likely N-dealkylation sites (tertiary alicyclic amines) is 1. The third kappa shape index (κ3) is 4.57. The monoisotopic (exact) mass is 377 g/mol. The first-order valence-electron chi connectivity index (χ1n) is 9.60. The molecule has 0 radical (unpaired) electrons. The van der Waals surface area contributed by atoms with E-state index in [1.54, 1.807) is 0 Å². The van der Waals surface area contributed by atoms with Crippen molar-refractivity contribution in [2.45, 2.75) is 31.8 Å². The first-order valence-corrected chi connectivity index (χ1v) is 9.60. The predicted octanol–water partition coefficient (Wildman–Crippen LogP) is 3.60. The number of para-hydroxylation sites is 1. The van der Waals surface area contributed by atoms with Gasteiger partial charge in [-0.05, 0) is 30.5 Å². The van der Waals surface area contributed by atoms with Gasteiger partial charge in [-0.2, -0.15) is 0 Å². The molecule has 28 heavy (non-hydrogen) atoms. The van der Waals surface area contributed by atoms with Crippen LogP contribution in [0.2, 0.25) is 0 Å². The molecule has 144 valence electrons. The Morgan fingerprint density at radius 2 is 1.82 bits per heavy atom. The van der Waals surface area contributed by atoms with E-state index in [4.69, 9.17) is 9.15 Å². The summed E-state index contributed by atoms with van der Waals surface area (Å²) in [6, 6.07) is 19.4. The number of hydrogen-bond donors (Lipinski definition) is 0. The van der Waals surface area contributed by atoms with Crippen molar-refractivity contribution in [3.8, 4) is 5.75 Å². The van der Waals surface area contributed by atoms with Crippen molar-refractivity contribution in [1.82, 2.24) is 15.1 Å². The molecule has 6 heteroatoms. The maximum Gasteiger partial charge on any atom is 0.253 e. The molecule has 1 amide bonds. The summed E-state index contributed by atoms with van der Waals surface area (Å²) >= 11 is 0. The molecule has 1 atom stereocenters. The molecule has 3 aromatic rings. The number of carbonyl (C=O) groups is 1. The number of aromatic nitrogens is 2. The maximum atomic E-state index is 12.6. The Bertz CT molecular complexity index is 896. The highest BCUT2D eigenvalue weighted by molar-refractivity contribution is 5.78. The second kappa shape index (κ2) is 8.69. The SMILES string of the molecule is O=C(Cc1ccccc1)N1CCCC(c2nnc(COc3ccccc3)o2)C1. The fourth-order valence-electron chi connectivity index (χ4n) is 3.44. The minimum absolute atomic E-state index is 0.0754. The van der Waals surface area contributed by atoms with Crippen LogP contribution in [0.1, 0.15) is 36.1 Å². The Hall–Kier alpha value is -3.15. The number of rotatable bonds is 6. The van der Waals surface area contributed by atoms with E-state index in [9.17, 15) is 4.79 Å². The first kappa shape index (κ1) is 18.2. The first-order chi connectivity index (χ1) is 13.8. The zero-order chi connectivity index (χ0) is 19.2. The maximum absolute atomic E-state index is 12.6. The summed E-state index contributed by atoms with van der Waals surface area (Å²) in [5.74, 6) is 2.02. The molecule has 1 aliphatic heterocycles. The lowest BCUT2D eigenvalue weighted by Crippen LogP contribution is -2.40. The van der Waals surface area contributed by atoms with E-state index in [2.05, 4.69) is 10.2 Å². The number of amides is 1. The molecule has 0 aliphatic carbocycles. The lowest BCUT2D eigenvalue weighted by atomic mass is 9.97. The molecular weight excluding hydrogens is 354 g/mol. The van der Waals surface area contributed by atoms with Gasteiger partial charge in [0.25, 0.3) is 5.89 Å². The Labute approximate surface area is 164 Å². The van der Waals surface area contributed by atoms with Crippen LogP contribution in [-0.2, 0) is 17.8 Å². The molecule has 4 rings (SSSR count). The average molecular weight is 377 g/mol. The van der Waals surface area contributed by atoms with Crippen LogP contribution in [0.5, 0.6) is 5.75 Å². The highest BCUT2D eigenvalue weighted by Crippen LogP contribution is 2.26. The van der Waals surface area contributed by atoms with E-state index in [1.165, 1.54) is 0 Å². The van der Waals surface area contributed by atoms with Crippen molar-refractivity contribution in [3.05, 3.63) is 78.0 Å². The summed E-state index contributed by atoms with van der Waals surface area (Å²) in [6.07, 6.45) is 2.30. The van der Waals surface area contributed by atoms with Gasteiger partial charge in [0.2, 0.25) is 11.8 Å². The predicted molar refractivity (Wildman–Crippen MR) is 104 cm³/mol. The Balaban J connectivity index is 1.34. The van der Waals surface area contributed by atoms with Gasteiger partial charge < -0.3 is 14.1 Å². The van der Waals surface area contributed by atoms with Gasteiger partial charge >= 0.3 is 0 Å². The van der Waals surface area contributed by atoms with E-state index in [-0.39, 0.29) is 18.4 Å². The van der Waals surface area contributed by atoms with Crippen molar-refractivity contribution >= 4 is 5.91 Å². The van der Waals surface area contributed by atoms with Crippen LogP contribution >= 0.6 is 0 Å². The Morgan fingerprint density at radius 1 is 1.07 bits per heavy atom. The average Bonchev–Trinajstić information content (AvgIpc) is 3.23. The van der Waals surface area contributed by atoms with E-state index in [1.807, 2.05) is 65.6 Å². The van der Waals surface area contributed by atoms with Crippen LogP contribution in [0.3, 0.4) is 0 Å². The summed E-state index contributed by atoms with van der Waals surface area (Å²) in [5.41, 5.74) is 1.03. The minimum Gasteiger partial charge on any atom is -0.484 e. The molecule has 1 unspecified atom stereocenters. The van der Waals surface area contributed by atoms with Crippen LogP contribution in [0.15, 0.2) is 65.1 Å². The zero-order valence-corrected chi connectivity index (χ0v) is 15.7. The summed E-state index contributed by atoms with van der Waals surface area (Å²) in [6.45, 7) is 1.63. The second-order valence-electron chi connectivity index (χ2n) is 6.98. The summed E-state index contributed by atoms with van der Waals surface area (Å²) < 4.78 is 11.5. The number of ether oxygens (including phenoxy) is 1. The van der Waals surface area contributed by atoms with Crippen LogP contribution in [-0.4, -0.2) is 34.1 Å². The fourth-order valence-corrected chi connectivity index (χ4v) is 3.44. The molecule has 2 aromatic carbocycles. The third-order valence-electron chi connectivity index (χ3n) is 4.91. The second-order valence-corrected chi connectivity index (χ2v) is 6.98. The zero-order valence-electron chi connectivity index (χ0n) is 15.7. The number of piperidine rings is 1. The Kier molecular flexibility index (Phi) is 5.66. The largest absolute Gasteiger partial charge is 0.484 e. The van der Waals surface area contributed by atoms with Gasteiger partial charge in [-0.25, -0.2) is 0 Å². The number of carbonyl (C=O) groups excluding carboxylic acids is 1. The van der Waals surface area contributed by atoms with Crippen molar-refractivity contribution in [3.63, 3.8) is 0 Å². The number of benzene rings is 2. The van der Waals surface area contributed by atoms with Crippen LogP contribution < -0.4 is 4.74 Å². The molecule has 0 N–H and O–H groups in total. The quantitative estimate of drug-likeness (QED) is 0.657. The third-order valence-corrected chi connectivity index (χ3v) is 4.91. The molecule has 1 fully saturated rings. The smallest absolute Gasteiger partial charge is 0.253 e. The summed E-state index contributed by atoms with van der Waals surface area (Å²) in [5, 5.41) is 8.29. The van der Waals surface area contributed by atoms with Crippen LogP contribution in [0.4, 0.5) is 0 Å². The molecule has 6 nitrogen and oxygen atoms in total. The highest BCUT2D eigenvalue weighted by atomic mass is 16.5. The van der Waals surface area contributed by atoms with Crippen molar-refractivity contribution in [2.24, 2.45) is 0 Å². The normalized spacial score (nSPS) is 16.7. The van der Waals surface area contributed by atoms with Gasteiger partial charge in [0, 0.05) is 13.1 Å². The Morgan fingerprint density at radius 3 is 2.61 bits per heavy atom. The fraction of sp³-hybridized carbons (Fsp3) is 0.318. The summed E-state index contributed by atoms with van der Waals surface area (Å²) in [4.78, 5) is 14.6. The van der Waals surface area contributed by atoms with Gasteiger partial charge in [0.1, 0.15) is 5.75 Å². The highest BCUT2D eigenvalue weighted by Gasteiger charge is 2.28. The van der Waals surface area contributed by atoms with E-state index in [0.717, 1.165) is 30.7 Å².